The highest BCUT2D eigenvalue weighted by Crippen LogP contribution is 2.29. The number of nitrogens with one attached hydrogen (secondary N) is 1. The average molecular weight is 267 g/mol. The van der Waals surface area contributed by atoms with E-state index in [-0.39, 0.29) is 6.10 Å². The lowest BCUT2D eigenvalue weighted by Gasteiger charge is -2.40. The first kappa shape index (κ1) is 13.8. The molecule has 19 heavy (non-hydrogen) atoms. The van der Waals surface area contributed by atoms with Crippen LogP contribution in [0.5, 0.6) is 0 Å². The molecule has 3 aliphatic rings. The number of likely N-dealkylation sites (tertiary alicyclic amines) is 1. The van der Waals surface area contributed by atoms with Gasteiger partial charge in [-0.15, -0.1) is 0 Å². The van der Waals surface area contributed by atoms with Crippen molar-refractivity contribution >= 4 is 0 Å². The van der Waals surface area contributed by atoms with Crippen LogP contribution in [-0.4, -0.2) is 73.4 Å². The van der Waals surface area contributed by atoms with Gasteiger partial charge in [-0.1, -0.05) is 0 Å². The molecule has 110 valence electrons. The predicted octanol–water partition coefficient (Wildman–Crippen LogP) is 0.375. The number of nitrogens with zero attached hydrogens (tertiary/aromatic N) is 2. The zero-order chi connectivity index (χ0) is 13.1. The second-order valence-electron chi connectivity index (χ2n) is 6.79. The fourth-order valence-corrected chi connectivity index (χ4v) is 3.83. The topological polar surface area (TPSA) is 38.7 Å². The Balaban J connectivity index is 1.32. The molecule has 4 heteroatoms. The van der Waals surface area contributed by atoms with Gasteiger partial charge in [0.1, 0.15) is 0 Å². The highest BCUT2D eigenvalue weighted by molar-refractivity contribution is 4.84. The van der Waals surface area contributed by atoms with Gasteiger partial charge in [0, 0.05) is 39.3 Å². The third kappa shape index (κ3) is 3.91. The maximum absolute atomic E-state index is 9.34. The molecule has 0 amide bonds. The van der Waals surface area contributed by atoms with Gasteiger partial charge in [0.25, 0.3) is 0 Å². The van der Waals surface area contributed by atoms with Gasteiger partial charge in [0.05, 0.1) is 6.10 Å². The van der Waals surface area contributed by atoms with E-state index in [1.807, 2.05) is 0 Å². The Morgan fingerprint density at radius 1 is 0.842 bits per heavy atom. The van der Waals surface area contributed by atoms with Crippen LogP contribution in [0.4, 0.5) is 0 Å². The van der Waals surface area contributed by atoms with Crippen LogP contribution in [-0.2, 0) is 0 Å². The van der Waals surface area contributed by atoms with E-state index in [1.165, 1.54) is 65.2 Å². The molecule has 3 fully saturated rings. The second kappa shape index (κ2) is 6.53. The minimum absolute atomic E-state index is 0.00949. The largest absolute Gasteiger partial charge is 0.393 e. The third-order valence-corrected chi connectivity index (χ3v) is 5.16. The Hall–Kier alpha value is -0.160. The molecular formula is C15H29N3O. The number of hydrogen-bond donors (Lipinski definition) is 2. The lowest BCUT2D eigenvalue weighted by molar-refractivity contribution is 0.0170. The van der Waals surface area contributed by atoms with E-state index < -0.39 is 0 Å². The second-order valence-corrected chi connectivity index (χ2v) is 6.79. The van der Waals surface area contributed by atoms with Gasteiger partial charge < -0.3 is 20.2 Å². The fraction of sp³-hybridized carbons (Fsp3) is 1.00. The maximum Gasteiger partial charge on any atom is 0.0546 e. The first-order chi connectivity index (χ1) is 9.29. The monoisotopic (exact) mass is 267 g/mol. The van der Waals surface area contributed by atoms with Gasteiger partial charge in [-0.2, -0.15) is 0 Å². The lowest BCUT2D eigenvalue weighted by Crippen LogP contribution is -2.47. The van der Waals surface area contributed by atoms with Crippen molar-refractivity contribution in [1.82, 2.24) is 15.1 Å². The van der Waals surface area contributed by atoms with Gasteiger partial charge in [0.15, 0.2) is 0 Å². The SMILES string of the molecule is OC1CC(CN2CCC(CN3CCNCC3)CC2)C1. The molecule has 0 radical (unpaired) electrons. The Kier molecular flexibility index (Phi) is 4.74. The Morgan fingerprint density at radius 2 is 1.42 bits per heavy atom. The van der Waals surface area contributed by atoms with E-state index >= 15 is 0 Å². The van der Waals surface area contributed by atoms with Crippen molar-refractivity contribution in [2.24, 2.45) is 11.8 Å². The minimum Gasteiger partial charge on any atom is -0.393 e. The van der Waals surface area contributed by atoms with Crippen molar-refractivity contribution in [2.75, 3.05) is 52.4 Å². The summed E-state index contributed by atoms with van der Waals surface area (Å²) >= 11 is 0. The molecule has 0 bridgehead atoms. The summed E-state index contributed by atoms with van der Waals surface area (Å²) in [5.74, 6) is 1.70. The van der Waals surface area contributed by atoms with Gasteiger partial charge in [0.2, 0.25) is 0 Å². The van der Waals surface area contributed by atoms with Crippen molar-refractivity contribution in [3.63, 3.8) is 0 Å². The summed E-state index contributed by atoms with van der Waals surface area (Å²) in [4.78, 5) is 5.27. The number of piperidine rings is 1. The molecule has 3 rings (SSSR count). The highest BCUT2D eigenvalue weighted by atomic mass is 16.3. The van der Waals surface area contributed by atoms with E-state index in [1.54, 1.807) is 0 Å². The molecule has 0 spiro atoms. The van der Waals surface area contributed by atoms with Gasteiger partial charge in [-0.25, -0.2) is 0 Å². The number of piperazine rings is 1. The van der Waals surface area contributed by atoms with E-state index in [4.69, 9.17) is 0 Å². The Bertz CT molecular complexity index is 267. The molecule has 0 aromatic carbocycles. The van der Waals surface area contributed by atoms with Crippen molar-refractivity contribution in [1.29, 1.82) is 0 Å². The van der Waals surface area contributed by atoms with Crippen LogP contribution in [0.15, 0.2) is 0 Å². The molecule has 2 saturated heterocycles. The summed E-state index contributed by atoms with van der Waals surface area (Å²) in [5, 5.41) is 12.8. The summed E-state index contributed by atoms with van der Waals surface area (Å²) < 4.78 is 0. The van der Waals surface area contributed by atoms with Crippen LogP contribution in [0.2, 0.25) is 0 Å². The van der Waals surface area contributed by atoms with Gasteiger partial charge >= 0.3 is 0 Å². The zero-order valence-corrected chi connectivity index (χ0v) is 12.1. The molecule has 0 aromatic heterocycles. The molecule has 2 aliphatic heterocycles. The number of aliphatic hydroxyl groups excluding tert-OH is 1. The molecule has 2 N–H and O–H groups in total. The van der Waals surface area contributed by atoms with Crippen LogP contribution >= 0.6 is 0 Å². The van der Waals surface area contributed by atoms with Gasteiger partial charge in [-0.05, 0) is 50.6 Å². The van der Waals surface area contributed by atoms with Crippen LogP contribution in [0.25, 0.3) is 0 Å². The molecule has 1 saturated carbocycles. The maximum atomic E-state index is 9.34. The third-order valence-electron chi connectivity index (χ3n) is 5.16. The Labute approximate surface area is 117 Å². The molecule has 1 aliphatic carbocycles. The fourth-order valence-electron chi connectivity index (χ4n) is 3.83. The van der Waals surface area contributed by atoms with Crippen molar-refractivity contribution < 1.29 is 5.11 Å². The van der Waals surface area contributed by atoms with E-state index in [0.717, 1.165) is 24.7 Å². The smallest absolute Gasteiger partial charge is 0.0546 e. The first-order valence-electron chi connectivity index (χ1n) is 8.13. The molecule has 0 atom stereocenters. The summed E-state index contributed by atoms with van der Waals surface area (Å²) in [6, 6.07) is 0. The zero-order valence-electron chi connectivity index (χ0n) is 12.1. The first-order valence-corrected chi connectivity index (χ1v) is 8.13. The van der Waals surface area contributed by atoms with Crippen molar-refractivity contribution in [2.45, 2.75) is 31.8 Å². The van der Waals surface area contributed by atoms with E-state index in [2.05, 4.69) is 15.1 Å². The van der Waals surface area contributed by atoms with Crippen LogP contribution < -0.4 is 5.32 Å². The molecule has 2 heterocycles. The predicted molar refractivity (Wildman–Crippen MR) is 77.2 cm³/mol. The normalized spacial score (nSPS) is 35.2. The molecule has 0 aromatic rings. The van der Waals surface area contributed by atoms with Crippen LogP contribution in [0, 0.1) is 11.8 Å². The van der Waals surface area contributed by atoms with E-state index in [9.17, 15) is 5.11 Å². The van der Waals surface area contributed by atoms with Gasteiger partial charge in [-0.3, -0.25) is 0 Å². The van der Waals surface area contributed by atoms with Crippen molar-refractivity contribution in [3.05, 3.63) is 0 Å². The Morgan fingerprint density at radius 3 is 2.05 bits per heavy atom. The minimum atomic E-state index is 0.00949. The number of aliphatic hydroxyl groups is 1. The molecule has 4 nitrogen and oxygen atoms in total. The summed E-state index contributed by atoms with van der Waals surface area (Å²) in [6.45, 7) is 9.92. The van der Waals surface area contributed by atoms with Crippen LogP contribution in [0.1, 0.15) is 25.7 Å². The quantitative estimate of drug-likeness (QED) is 0.772. The number of hydrogen-bond acceptors (Lipinski definition) is 4. The summed E-state index contributed by atoms with van der Waals surface area (Å²) in [5.41, 5.74) is 0. The number of rotatable bonds is 4. The summed E-state index contributed by atoms with van der Waals surface area (Å²) in [6.07, 6.45) is 4.84. The average Bonchev–Trinajstić information content (AvgIpc) is 2.40. The van der Waals surface area contributed by atoms with E-state index in [0.29, 0.717) is 0 Å². The summed E-state index contributed by atoms with van der Waals surface area (Å²) in [7, 11) is 0. The standard InChI is InChI=1S/C15H29N3O/c19-15-9-14(10-15)12-17-5-1-13(2-6-17)11-18-7-3-16-4-8-18/h13-16,19H,1-12H2. The molecule has 0 unspecified atom stereocenters. The van der Waals surface area contributed by atoms with Crippen LogP contribution in [0.3, 0.4) is 0 Å². The van der Waals surface area contributed by atoms with Crippen molar-refractivity contribution in [3.8, 4) is 0 Å². The highest BCUT2D eigenvalue weighted by Gasteiger charge is 2.30. The lowest BCUT2D eigenvalue weighted by atomic mass is 9.81. The molecular weight excluding hydrogens is 238 g/mol.